The van der Waals surface area contributed by atoms with Crippen molar-refractivity contribution in [1.82, 2.24) is 19.8 Å². The van der Waals surface area contributed by atoms with E-state index in [2.05, 4.69) is 9.97 Å². The molecule has 0 saturated heterocycles. The van der Waals surface area contributed by atoms with Crippen LogP contribution in [0.1, 0.15) is 43.5 Å². The molecule has 2 amide bonds. The number of aliphatic hydroxyl groups excluding tert-OH is 1. The Kier molecular flexibility index (Phi) is 6.93. The summed E-state index contributed by atoms with van der Waals surface area (Å²) < 4.78 is 6.29. The maximum Gasteiger partial charge on any atom is 0.259 e. The summed E-state index contributed by atoms with van der Waals surface area (Å²) >= 11 is 0. The number of nitrogens with zero attached hydrogens (tertiary/aromatic N) is 4. The molecule has 0 aromatic carbocycles. The summed E-state index contributed by atoms with van der Waals surface area (Å²) in [5.41, 5.74) is 1.96. The molecule has 3 atom stereocenters. The zero-order chi connectivity index (χ0) is 23.5. The second-order valence-corrected chi connectivity index (χ2v) is 9.29. The fraction of sp³-hybridized carbons (Fsp3) is 0.520. The quantitative estimate of drug-likeness (QED) is 0.724. The Bertz CT molecular complexity index is 995. The van der Waals surface area contributed by atoms with Crippen LogP contribution < -0.4 is 4.74 Å². The van der Waals surface area contributed by atoms with Crippen LogP contribution in [0, 0.1) is 11.8 Å². The smallest absolute Gasteiger partial charge is 0.259 e. The molecule has 1 aliphatic heterocycles. The Morgan fingerprint density at radius 1 is 1.33 bits per heavy atom. The van der Waals surface area contributed by atoms with E-state index in [1.54, 1.807) is 34.5 Å². The van der Waals surface area contributed by atoms with Gasteiger partial charge in [-0.3, -0.25) is 14.6 Å². The Morgan fingerprint density at radius 3 is 2.76 bits per heavy atom. The van der Waals surface area contributed by atoms with Gasteiger partial charge < -0.3 is 19.6 Å². The van der Waals surface area contributed by atoms with E-state index in [0.29, 0.717) is 18.7 Å². The number of carbonyl (C=O) groups excluding carboxylic acids is 2. The highest BCUT2D eigenvalue weighted by Crippen LogP contribution is 2.31. The molecule has 3 heterocycles. The molecule has 8 nitrogen and oxygen atoms in total. The largest absolute Gasteiger partial charge is 0.472 e. The minimum atomic E-state index is -0.358. The normalized spacial score (nSPS) is 21.8. The highest BCUT2D eigenvalue weighted by molar-refractivity contribution is 5.98. The third-order valence-corrected chi connectivity index (χ3v) is 6.80. The van der Waals surface area contributed by atoms with Crippen molar-refractivity contribution in [3.63, 3.8) is 0 Å². The maximum absolute atomic E-state index is 13.5. The lowest BCUT2D eigenvalue weighted by atomic mass is 9.84. The molecule has 2 aliphatic rings. The van der Waals surface area contributed by atoms with E-state index in [-0.39, 0.29) is 48.3 Å². The number of rotatable bonds is 6. The Morgan fingerprint density at radius 2 is 2.12 bits per heavy atom. The van der Waals surface area contributed by atoms with E-state index in [4.69, 9.17) is 4.74 Å². The topological polar surface area (TPSA) is 95.9 Å². The van der Waals surface area contributed by atoms with E-state index in [1.165, 1.54) is 0 Å². The predicted molar refractivity (Wildman–Crippen MR) is 124 cm³/mol. The van der Waals surface area contributed by atoms with E-state index >= 15 is 0 Å². The van der Waals surface area contributed by atoms with Crippen LogP contribution in [0.25, 0.3) is 11.1 Å². The maximum atomic E-state index is 13.5. The lowest BCUT2D eigenvalue weighted by Crippen LogP contribution is -2.51. The fourth-order valence-electron chi connectivity index (χ4n) is 4.34. The number of pyridine rings is 2. The molecule has 0 bridgehead atoms. The number of amides is 2. The van der Waals surface area contributed by atoms with Crippen molar-refractivity contribution in [2.24, 2.45) is 11.8 Å². The zero-order valence-electron chi connectivity index (χ0n) is 19.5. The molecule has 0 spiro atoms. The second-order valence-electron chi connectivity index (χ2n) is 9.29. The van der Waals surface area contributed by atoms with Crippen LogP contribution in [0.5, 0.6) is 5.88 Å². The van der Waals surface area contributed by atoms with Gasteiger partial charge in [0.1, 0.15) is 11.7 Å². The molecule has 33 heavy (non-hydrogen) atoms. The standard InChI is InChI=1S/C25H32N4O4/c1-16-13-29(17(2)15-30)25(32)21-10-20(19-8-5-9-26-11-19)12-27-23(21)33-22(16)14-28(3)24(31)18-6-4-7-18/h5,8-12,16-18,22,30H,4,6-7,13-15H2,1-3H3/t16-,17+,22+/m1/s1. The van der Waals surface area contributed by atoms with E-state index < -0.39 is 0 Å². The number of ether oxygens (including phenoxy) is 1. The van der Waals surface area contributed by atoms with Gasteiger partial charge in [-0.05, 0) is 31.9 Å². The molecule has 0 radical (unpaired) electrons. The number of aromatic nitrogens is 2. The Balaban J connectivity index is 1.67. The van der Waals surface area contributed by atoms with Crippen molar-refractivity contribution in [1.29, 1.82) is 0 Å². The number of fused-ring (bicyclic) bond motifs is 1. The third kappa shape index (κ3) is 4.85. The van der Waals surface area contributed by atoms with Crippen molar-refractivity contribution < 1.29 is 19.4 Å². The summed E-state index contributed by atoms with van der Waals surface area (Å²) in [5, 5.41) is 9.81. The van der Waals surface area contributed by atoms with Crippen LogP contribution in [0.4, 0.5) is 0 Å². The van der Waals surface area contributed by atoms with Gasteiger partial charge in [-0.2, -0.15) is 0 Å². The molecule has 1 fully saturated rings. The first-order chi connectivity index (χ1) is 15.9. The third-order valence-electron chi connectivity index (χ3n) is 6.80. The zero-order valence-corrected chi connectivity index (χ0v) is 19.5. The summed E-state index contributed by atoms with van der Waals surface area (Å²) in [4.78, 5) is 38.3. The molecule has 2 aromatic rings. The number of aliphatic hydroxyl groups is 1. The van der Waals surface area contributed by atoms with E-state index in [0.717, 1.165) is 30.4 Å². The minimum absolute atomic E-state index is 0.0625. The van der Waals surface area contributed by atoms with E-state index in [1.807, 2.05) is 33.0 Å². The van der Waals surface area contributed by atoms with Crippen LogP contribution in [0.2, 0.25) is 0 Å². The van der Waals surface area contributed by atoms with Crippen LogP contribution in [0.3, 0.4) is 0 Å². The number of carbonyl (C=O) groups is 2. The molecule has 1 aliphatic carbocycles. The lowest BCUT2D eigenvalue weighted by Gasteiger charge is -2.38. The molecule has 1 N–H and O–H groups in total. The first kappa shape index (κ1) is 23.2. The molecule has 1 saturated carbocycles. The molecule has 0 unspecified atom stereocenters. The molecular weight excluding hydrogens is 420 g/mol. The highest BCUT2D eigenvalue weighted by Gasteiger charge is 2.36. The summed E-state index contributed by atoms with van der Waals surface area (Å²) in [7, 11) is 1.81. The van der Waals surface area contributed by atoms with Gasteiger partial charge in [0, 0.05) is 55.1 Å². The molecule has 4 rings (SSSR count). The molecule has 176 valence electrons. The van der Waals surface area contributed by atoms with Gasteiger partial charge in [0.2, 0.25) is 11.8 Å². The van der Waals surface area contributed by atoms with Gasteiger partial charge in [0.15, 0.2) is 0 Å². The lowest BCUT2D eigenvalue weighted by molar-refractivity contribution is -0.138. The molecule has 8 heteroatoms. The number of likely N-dealkylation sites (N-methyl/N-ethyl adjacent to an activating group) is 1. The average Bonchev–Trinajstić information content (AvgIpc) is 2.79. The molecular formula is C25H32N4O4. The monoisotopic (exact) mass is 452 g/mol. The van der Waals surface area contributed by atoms with Crippen LogP contribution in [-0.4, -0.2) is 75.6 Å². The highest BCUT2D eigenvalue weighted by atomic mass is 16.5. The number of hydrogen-bond donors (Lipinski definition) is 1. The summed E-state index contributed by atoms with van der Waals surface area (Å²) in [5.74, 6) is 0.222. The predicted octanol–water partition coefficient (Wildman–Crippen LogP) is 2.62. The van der Waals surface area contributed by atoms with Gasteiger partial charge >= 0.3 is 0 Å². The van der Waals surface area contributed by atoms with Gasteiger partial charge in [-0.15, -0.1) is 0 Å². The van der Waals surface area contributed by atoms with Gasteiger partial charge in [-0.1, -0.05) is 19.4 Å². The van der Waals surface area contributed by atoms with E-state index in [9.17, 15) is 14.7 Å². The van der Waals surface area contributed by atoms with Crippen LogP contribution in [-0.2, 0) is 4.79 Å². The van der Waals surface area contributed by atoms with Crippen LogP contribution in [0.15, 0.2) is 36.8 Å². The fourth-order valence-corrected chi connectivity index (χ4v) is 4.34. The second kappa shape index (κ2) is 9.87. The van der Waals surface area contributed by atoms with Crippen molar-refractivity contribution >= 4 is 11.8 Å². The van der Waals surface area contributed by atoms with Gasteiger partial charge in [-0.25, -0.2) is 4.98 Å². The Hall–Kier alpha value is -3.00. The average molecular weight is 453 g/mol. The van der Waals surface area contributed by atoms with Crippen molar-refractivity contribution in [2.45, 2.75) is 45.3 Å². The number of hydrogen-bond acceptors (Lipinski definition) is 6. The van der Waals surface area contributed by atoms with Crippen molar-refractivity contribution in [3.05, 3.63) is 42.4 Å². The first-order valence-corrected chi connectivity index (χ1v) is 11.6. The van der Waals surface area contributed by atoms with Gasteiger partial charge in [0.05, 0.1) is 19.2 Å². The summed E-state index contributed by atoms with van der Waals surface area (Å²) in [6.45, 7) is 4.51. The minimum Gasteiger partial charge on any atom is -0.472 e. The SMILES string of the molecule is C[C@@H]1CN([C@@H](C)CO)C(=O)c2cc(-c3cccnc3)cnc2O[C@H]1CN(C)C(=O)C1CCC1. The molecule has 2 aromatic heterocycles. The van der Waals surface area contributed by atoms with Crippen molar-refractivity contribution in [2.75, 3.05) is 26.7 Å². The first-order valence-electron chi connectivity index (χ1n) is 11.6. The van der Waals surface area contributed by atoms with Crippen molar-refractivity contribution in [3.8, 4) is 17.0 Å². The summed E-state index contributed by atoms with van der Waals surface area (Å²) in [6, 6.07) is 5.15. The van der Waals surface area contributed by atoms with Crippen LogP contribution >= 0.6 is 0 Å². The summed E-state index contributed by atoms with van der Waals surface area (Å²) in [6.07, 6.45) is 7.75. The Labute approximate surface area is 194 Å². The van der Waals surface area contributed by atoms with Gasteiger partial charge in [0.25, 0.3) is 5.91 Å².